The van der Waals surface area contributed by atoms with Gasteiger partial charge in [0.25, 0.3) is 0 Å². The molecular formula is C9H18N2O. The molecule has 0 aliphatic rings. The highest BCUT2D eigenvalue weighted by Crippen LogP contribution is 1.99. The molecule has 0 amide bonds. The van der Waals surface area contributed by atoms with E-state index >= 15 is 0 Å². The summed E-state index contributed by atoms with van der Waals surface area (Å²) < 4.78 is 0. The van der Waals surface area contributed by atoms with Crippen molar-refractivity contribution in [2.75, 3.05) is 13.2 Å². The van der Waals surface area contributed by atoms with Crippen LogP contribution in [0.5, 0.6) is 0 Å². The number of nitrogens with one attached hydrogen (secondary N) is 1. The molecule has 0 aliphatic heterocycles. The maximum absolute atomic E-state index is 8.63. The highest BCUT2D eigenvalue weighted by molar-refractivity contribution is 4.77. The average molecular weight is 170 g/mol. The zero-order valence-corrected chi connectivity index (χ0v) is 7.88. The van der Waals surface area contributed by atoms with E-state index in [0.717, 1.165) is 13.0 Å². The fraction of sp³-hybridized carbons (Fsp3) is 0.889. The molecule has 0 aromatic carbocycles. The van der Waals surface area contributed by atoms with Crippen molar-refractivity contribution < 1.29 is 5.11 Å². The normalized spacial score (nSPS) is 15.2. The van der Waals surface area contributed by atoms with Crippen LogP contribution in [0.4, 0.5) is 0 Å². The Labute approximate surface area is 74.4 Å². The molecule has 70 valence electrons. The first-order chi connectivity index (χ1) is 5.70. The Balaban J connectivity index is 3.34. The number of hydrogen-bond donors (Lipinski definition) is 2. The second-order valence-corrected chi connectivity index (χ2v) is 3.29. The van der Waals surface area contributed by atoms with Crippen molar-refractivity contribution in [1.82, 2.24) is 5.32 Å². The molecule has 2 atom stereocenters. The Bertz CT molecular complexity index is 142. The Morgan fingerprint density at radius 3 is 2.67 bits per heavy atom. The molecule has 0 bridgehead atoms. The lowest BCUT2D eigenvalue weighted by atomic mass is 10.1. The molecule has 0 aromatic heterocycles. The maximum Gasteiger partial charge on any atom is 0.0638 e. The van der Waals surface area contributed by atoms with Gasteiger partial charge < -0.3 is 10.4 Å². The number of aliphatic hydroxyl groups excluding tert-OH is 1. The Kier molecular flexibility index (Phi) is 6.73. The van der Waals surface area contributed by atoms with Crippen molar-refractivity contribution in [1.29, 1.82) is 5.26 Å². The number of nitriles is 1. The minimum Gasteiger partial charge on any atom is -0.396 e. The summed E-state index contributed by atoms with van der Waals surface area (Å²) in [6, 6.07) is 2.37. The lowest BCUT2D eigenvalue weighted by molar-refractivity contribution is 0.258. The van der Waals surface area contributed by atoms with Gasteiger partial charge in [0.05, 0.1) is 12.5 Å². The first kappa shape index (κ1) is 11.4. The predicted octanol–water partition coefficient (Wildman–Crippen LogP) is 0.897. The zero-order chi connectivity index (χ0) is 9.40. The first-order valence-electron chi connectivity index (χ1n) is 4.42. The van der Waals surface area contributed by atoms with E-state index in [1.165, 1.54) is 0 Å². The van der Waals surface area contributed by atoms with Gasteiger partial charge in [-0.05, 0) is 25.8 Å². The molecule has 0 rings (SSSR count). The summed E-state index contributed by atoms with van der Waals surface area (Å²) >= 11 is 0. The van der Waals surface area contributed by atoms with Gasteiger partial charge in [0, 0.05) is 12.6 Å². The topological polar surface area (TPSA) is 56.0 Å². The molecular weight excluding hydrogens is 152 g/mol. The van der Waals surface area contributed by atoms with Gasteiger partial charge in [-0.2, -0.15) is 5.26 Å². The molecule has 3 nitrogen and oxygen atoms in total. The van der Waals surface area contributed by atoms with Gasteiger partial charge in [0.2, 0.25) is 0 Å². The van der Waals surface area contributed by atoms with Crippen molar-refractivity contribution >= 4 is 0 Å². The van der Waals surface area contributed by atoms with E-state index in [2.05, 4.69) is 18.3 Å². The van der Waals surface area contributed by atoms with Gasteiger partial charge in [-0.25, -0.2) is 0 Å². The highest BCUT2D eigenvalue weighted by atomic mass is 16.3. The van der Waals surface area contributed by atoms with Crippen LogP contribution in [0.2, 0.25) is 0 Å². The maximum atomic E-state index is 8.63. The van der Waals surface area contributed by atoms with Gasteiger partial charge in [-0.1, -0.05) is 6.92 Å². The number of rotatable bonds is 6. The number of aliphatic hydroxyl groups is 1. The summed E-state index contributed by atoms with van der Waals surface area (Å²) in [5.74, 6) is 0.483. The van der Waals surface area contributed by atoms with E-state index in [9.17, 15) is 0 Å². The van der Waals surface area contributed by atoms with Gasteiger partial charge in [-0.3, -0.25) is 0 Å². The number of hydrogen-bond acceptors (Lipinski definition) is 3. The van der Waals surface area contributed by atoms with E-state index in [1.54, 1.807) is 0 Å². The van der Waals surface area contributed by atoms with Gasteiger partial charge in [-0.15, -0.1) is 0 Å². The van der Waals surface area contributed by atoms with Crippen LogP contribution in [-0.4, -0.2) is 24.3 Å². The molecule has 3 heteroatoms. The smallest absolute Gasteiger partial charge is 0.0638 e. The Hall–Kier alpha value is -0.590. The van der Waals surface area contributed by atoms with Crippen LogP contribution < -0.4 is 5.32 Å². The second kappa shape index (κ2) is 7.08. The van der Waals surface area contributed by atoms with Crippen LogP contribution in [0.15, 0.2) is 0 Å². The molecule has 0 radical (unpaired) electrons. The van der Waals surface area contributed by atoms with Crippen molar-refractivity contribution in [2.24, 2.45) is 5.92 Å². The van der Waals surface area contributed by atoms with Gasteiger partial charge in [0.1, 0.15) is 0 Å². The van der Waals surface area contributed by atoms with E-state index in [-0.39, 0.29) is 12.6 Å². The largest absolute Gasteiger partial charge is 0.396 e. The van der Waals surface area contributed by atoms with Crippen molar-refractivity contribution in [3.05, 3.63) is 0 Å². The highest BCUT2D eigenvalue weighted by Gasteiger charge is 2.03. The van der Waals surface area contributed by atoms with Crippen LogP contribution >= 0.6 is 0 Å². The number of nitrogens with zero attached hydrogens (tertiary/aromatic N) is 1. The zero-order valence-electron chi connectivity index (χ0n) is 7.88. The van der Waals surface area contributed by atoms with Gasteiger partial charge >= 0.3 is 0 Å². The van der Waals surface area contributed by atoms with E-state index < -0.39 is 0 Å². The summed E-state index contributed by atoms with van der Waals surface area (Å²) in [6.45, 7) is 5.20. The molecule has 0 spiro atoms. The summed E-state index contributed by atoms with van der Waals surface area (Å²) in [5, 5.41) is 20.2. The second-order valence-electron chi connectivity index (χ2n) is 3.29. The van der Waals surface area contributed by atoms with Crippen LogP contribution in [0, 0.1) is 17.2 Å². The van der Waals surface area contributed by atoms with Crippen LogP contribution in [-0.2, 0) is 0 Å². The van der Waals surface area contributed by atoms with Crippen molar-refractivity contribution in [3.63, 3.8) is 0 Å². The lowest BCUT2D eigenvalue weighted by Crippen LogP contribution is -2.30. The minimum atomic E-state index is 0.246. The lowest BCUT2D eigenvalue weighted by Gasteiger charge is -2.14. The molecule has 0 saturated carbocycles. The first-order valence-corrected chi connectivity index (χ1v) is 4.42. The van der Waals surface area contributed by atoms with E-state index in [0.29, 0.717) is 12.3 Å². The fourth-order valence-corrected chi connectivity index (χ4v) is 0.934. The molecule has 2 N–H and O–H groups in total. The molecule has 12 heavy (non-hydrogen) atoms. The van der Waals surface area contributed by atoms with Crippen LogP contribution in [0.1, 0.15) is 26.7 Å². The molecule has 0 fully saturated rings. The Morgan fingerprint density at radius 1 is 1.50 bits per heavy atom. The summed E-state index contributed by atoms with van der Waals surface area (Å²) in [5.41, 5.74) is 0. The average Bonchev–Trinajstić information content (AvgIpc) is 2.02. The predicted molar refractivity (Wildman–Crippen MR) is 48.6 cm³/mol. The van der Waals surface area contributed by atoms with Crippen molar-refractivity contribution in [2.45, 2.75) is 32.7 Å². The molecule has 0 saturated heterocycles. The third-order valence-corrected chi connectivity index (χ3v) is 1.83. The SMILES string of the molecule is CC(CCO)CNC(C)CC#N. The fourth-order valence-electron chi connectivity index (χ4n) is 0.934. The van der Waals surface area contributed by atoms with E-state index in [4.69, 9.17) is 10.4 Å². The van der Waals surface area contributed by atoms with Crippen LogP contribution in [0.25, 0.3) is 0 Å². The molecule has 2 unspecified atom stereocenters. The molecule has 0 aliphatic carbocycles. The van der Waals surface area contributed by atoms with E-state index in [1.807, 2.05) is 6.92 Å². The monoisotopic (exact) mass is 170 g/mol. The summed E-state index contributed by atoms with van der Waals surface area (Å²) in [4.78, 5) is 0. The Morgan fingerprint density at radius 2 is 2.17 bits per heavy atom. The summed E-state index contributed by atoms with van der Waals surface area (Å²) in [7, 11) is 0. The van der Waals surface area contributed by atoms with Gasteiger partial charge in [0.15, 0.2) is 0 Å². The standard InChI is InChI=1S/C9H18N2O/c1-8(4-6-12)7-11-9(2)3-5-10/h8-9,11-12H,3-4,6-7H2,1-2H3. The quantitative estimate of drug-likeness (QED) is 0.622. The third kappa shape index (κ3) is 6.14. The van der Waals surface area contributed by atoms with Crippen molar-refractivity contribution in [3.8, 4) is 6.07 Å². The third-order valence-electron chi connectivity index (χ3n) is 1.83. The minimum absolute atomic E-state index is 0.246. The summed E-state index contributed by atoms with van der Waals surface area (Å²) in [6.07, 6.45) is 1.37. The van der Waals surface area contributed by atoms with Crippen LogP contribution in [0.3, 0.4) is 0 Å². The molecule has 0 heterocycles. The molecule has 0 aromatic rings.